The van der Waals surface area contributed by atoms with Gasteiger partial charge in [0.25, 0.3) is 0 Å². The summed E-state index contributed by atoms with van der Waals surface area (Å²) in [6.07, 6.45) is 4.74. The van der Waals surface area contributed by atoms with E-state index in [0.29, 0.717) is 6.42 Å². The fraction of sp³-hybridized carbons (Fsp3) is 0.579. The molecule has 1 fully saturated rings. The Kier molecular flexibility index (Phi) is 6.31. The first-order valence-corrected chi connectivity index (χ1v) is 8.58. The normalized spacial score (nSPS) is 19.7. The molecule has 0 saturated carbocycles. The molecule has 2 atom stereocenters. The van der Waals surface area contributed by atoms with Crippen molar-refractivity contribution in [1.29, 1.82) is 0 Å². The minimum absolute atomic E-state index is 0.00529. The number of halogens is 1. The third-order valence-corrected chi connectivity index (χ3v) is 4.66. The van der Waals surface area contributed by atoms with Crippen LogP contribution >= 0.6 is 0 Å². The molecule has 0 aliphatic carbocycles. The van der Waals surface area contributed by atoms with Crippen molar-refractivity contribution in [1.82, 2.24) is 4.90 Å². The number of piperidine rings is 1. The predicted octanol–water partition coefficient (Wildman–Crippen LogP) is 4.27. The van der Waals surface area contributed by atoms with Gasteiger partial charge in [-0.15, -0.1) is 0 Å². The number of hydrogen-bond acceptors (Lipinski definition) is 2. The molecule has 1 saturated heterocycles. The molecule has 23 heavy (non-hydrogen) atoms. The van der Waals surface area contributed by atoms with E-state index in [9.17, 15) is 14.0 Å². The quantitative estimate of drug-likeness (QED) is 0.752. The summed E-state index contributed by atoms with van der Waals surface area (Å²) in [5.41, 5.74) is 0.866. The van der Waals surface area contributed by atoms with Gasteiger partial charge in [-0.1, -0.05) is 19.1 Å². The second-order valence-electron chi connectivity index (χ2n) is 6.44. The van der Waals surface area contributed by atoms with Gasteiger partial charge in [0.1, 0.15) is 11.6 Å². The molecule has 0 aromatic heterocycles. The Morgan fingerprint density at radius 2 is 2.22 bits per heavy atom. The van der Waals surface area contributed by atoms with Crippen LogP contribution in [0, 0.1) is 11.7 Å². The zero-order chi connectivity index (χ0) is 16.8. The maximum atomic E-state index is 13.5. The summed E-state index contributed by atoms with van der Waals surface area (Å²) in [5.74, 6) is 0.0846. The highest BCUT2D eigenvalue weighted by Gasteiger charge is 2.32. The molecule has 2 unspecified atom stereocenters. The molecular weight excluding hydrogens is 293 g/mol. The number of rotatable bonds is 7. The number of carbonyl (C=O) groups is 2. The number of Topliss-reactive ketones (excluding diaryl/α,β-unsaturated/α-hetero) is 1. The third-order valence-electron chi connectivity index (χ3n) is 4.66. The molecule has 0 radical (unpaired) electrons. The monoisotopic (exact) mass is 319 g/mol. The summed E-state index contributed by atoms with van der Waals surface area (Å²) in [7, 11) is 0. The van der Waals surface area contributed by atoms with Crippen LogP contribution in [-0.4, -0.2) is 23.1 Å². The Morgan fingerprint density at radius 1 is 1.43 bits per heavy atom. The van der Waals surface area contributed by atoms with E-state index in [-0.39, 0.29) is 29.5 Å². The number of hydrogen-bond donors (Lipinski definition) is 0. The number of likely N-dealkylation sites (tertiary alicyclic amines) is 1. The van der Waals surface area contributed by atoms with Crippen LogP contribution in [-0.2, 0) is 9.59 Å². The predicted molar refractivity (Wildman–Crippen MR) is 88.4 cm³/mol. The van der Waals surface area contributed by atoms with E-state index >= 15 is 0 Å². The molecule has 2 rings (SSSR count). The van der Waals surface area contributed by atoms with Crippen molar-refractivity contribution in [3.05, 3.63) is 35.6 Å². The first-order chi connectivity index (χ1) is 11.0. The average Bonchev–Trinajstić information content (AvgIpc) is 2.51. The summed E-state index contributed by atoms with van der Waals surface area (Å²) >= 11 is 0. The summed E-state index contributed by atoms with van der Waals surface area (Å²) in [6.45, 7) is 4.35. The van der Waals surface area contributed by atoms with Crippen LogP contribution in [0.5, 0.6) is 0 Å². The van der Waals surface area contributed by atoms with Gasteiger partial charge in [0, 0.05) is 18.9 Å². The largest absolute Gasteiger partial charge is 0.335 e. The molecular formula is C19H26FNO2. The fourth-order valence-corrected chi connectivity index (χ4v) is 3.50. The maximum absolute atomic E-state index is 13.5. The Balaban J connectivity index is 2.07. The van der Waals surface area contributed by atoms with Crippen molar-refractivity contribution >= 4 is 11.7 Å². The first kappa shape index (κ1) is 17.6. The molecule has 3 nitrogen and oxygen atoms in total. The summed E-state index contributed by atoms with van der Waals surface area (Å²) in [5, 5.41) is 0. The minimum atomic E-state index is -0.261. The molecule has 1 aliphatic rings. The zero-order valence-corrected chi connectivity index (χ0v) is 14.1. The second kappa shape index (κ2) is 8.23. The topological polar surface area (TPSA) is 37.4 Å². The van der Waals surface area contributed by atoms with Gasteiger partial charge >= 0.3 is 0 Å². The van der Waals surface area contributed by atoms with Crippen LogP contribution in [0.3, 0.4) is 0 Å². The molecule has 4 heteroatoms. The van der Waals surface area contributed by atoms with Crippen molar-refractivity contribution in [3.63, 3.8) is 0 Å². The Hall–Kier alpha value is -1.71. The highest BCUT2D eigenvalue weighted by atomic mass is 19.1. The molecule has 0 N–H and O–H groups in total. The molecule has 1 aliphatic heterocycles. The van der Waals surface area contributed by atoms with Gasteiger partial charge in [0.2, 0.25) is 5.91 Å². The van der Waals surface area contributed by atoms with Gasteiger partial charge in [-0.25, -0.2) is 4.39 Å². The van der Waals surface area contributed by atoms with Gasteiger partial charge in [0.05, 0.1) is 6.04 Å². The first-order valence-electron chi connectivity index (χ1n) is 8.58. The third kappa shape index (κ3) is 4.63. The van der Waals surface area contributed by atoms with Crippen LogP contribution in [0.2, 0.25) is 0 Å². The number of ketones is 1. The van der Waals surface area contributed by atoms with E-state index in [4.69, 9.17) is 0 Å². The lowest BCUT2D eigenvalue weighted by Crippen LogP contribution is -2.43. The van der Waals surface area contributed by atoms with E-state index < -0.39 is 0 Å². The molecule has 126 valence electrons. The van der Waals surface area contributed by atoms with Gasteiger partial charge in [-0.05, 0) is 56.7 Å². The van der Waals surface area contributed by atoms with Crippen molar-refractivity contribution in [2.45, 2.75) is 58.4 Å². The Morgan fingerprint density at radius 3 is 2.87 bits per heavy atom. The fourth-order valence-electron chi connectivity index (χ4n) is 3.50. The van der Waals surface area contributed by atoms with Crippen LogP contribution in [0.15, 0.2) is 24.3 Å². The molecule has 1 amide bonds. The van der Waals surface area contributed by atoms with Crippen LogP contribution in [0.1, 0.15) is 64.0 Å². The van der Waals surface area contributed by atoms with Crippen molar-refractivity contribution < 1.29 is 14.0 Å². The van der Waals surface area contributed by atoms with Crippen LogP contribution in [0.4, 0.5) is 4.39 Å². The molecule has 1 aromatic carbocycles. The molecule has 1 aromatic rings. The molecule has 0 bridgehead atoms. The van der Waals surface area contributed by atoms with E-state index in [1.807, 2.05) is 17.9 Å². The molecule has 1 heterocycles. The zero-order valence-electron chi connectivity index (χ0n) is 14.1. The highest BCUT2D eigenvalue weighted by Crippen LogP contribution is 2.32. The maximum Gasteiger partial charge on any atom is 0.226 e. The summed E-state index contributed by atoms with van der Waals surface area (Å²) in [6, 6.07) is 6.49. The Bertz CT molecular complexity index is 558. The van der Waals surface area contributed by atoms with E-state index in [1.165, 1.54) is 12.1 Å². The minimum Gasteiger partial charge on any atom is -0.335 e. The van der Waals surface area contributed by atoms with E-state index in [2.05, 4.69) is 0 Å². The number of benzene rings is 1. The van der Waals surface area contributed by atoms with Crippen molar-refractivity contribution in [2.75, 3.05) is 6.54 Å². The lowest BCUT2D eigenvalue weighted by Gasteiger charge is -2.38. The van der Waals surface area contributed by atoms with Crippen LogP contribution in [0.25, 0.3) is 0 Å². The van der Waals surface area contributed by atoms with Crippen molar-refractivity contribution in [3.8, 4) is 0 Å². The Labute approximate surface area is 137 Å². The van der Waals surface area contributed by atoms with Gasteiger partial charge in [0.15, 0.2) is 0 Å². The van der Waals surface area contributed by atoms with Gasteiger partial charge in [-0.3, -0.25) is 4.79 Å². The highest BCUT2D eigenvalue weighted by molar-refractivity contribution is 5.80. The second-order valence-corrected chi connectivity index (χ2v) is 6.44. The lowest BCUT2D eigenvalue weighted by atomic mass is 9.89. The summed E-state index contributed by atoms with van der Waals surface area (Å²) in [4.78, 5) is 25.8. The number of carbonyl (C=O) groups excluding carboxylic acids is 2. The smallest absolute Gasteiger partial charge is 0.226 e. The van der Waals surface area contributed by atoms with Gasteiger partial charge < -0.3 is 9.69 Å². The van der Waals surface area contributed by atoms with Crippen LogP contribution < -0.4 is 0 Å². The molecule has 0 spiro atoms. The lowest BCUT2D eigenvalue weighted by molar-refractivity contribution is -0.141. The average molecular weight is 319 g/mol. The number of amides is 1. The summed E-state index contributed by atoms with van der Waals surface area (Å²) < 4.78 is 13.5. The SMILES string of the molecule is CCC(c1cccc(F)c1)N1CCCC(CCCC(C)=O)C1=O. The van der Waals surface area contributed by atoms with E-state index in [0.717, 1.165) is 44.2 Å². The van der Waals surface area contributed by atoms with E-state index in [1.54, 1.807) is 13.0 Å². The standard InChI is InChI=1S/C19H26FNO2/c1-3-18(16-9-5-11-17(20)13-16)21-12-6-10-15(19(21)23)8-4-7-14(2)22/h5,9,11,13,15,18H,3-4,6-8,10,12H2,1-2H3. The van der Waals surface area contributed by atoms with Gasteiger partial charge in [-0.2, -0.15) is 0 Å². The van der Waals surface area contributed by atoms with Crippen molar-refractivity contribution in [2.24, 2.45) is 5.92 Å². The number of nitrogens with zero attached hydrogens (tertiary/aromatic N) is 1.